The molecule has 1 fully saturated rings. The number of allylic oxidation sites excluding steroid dienone is 4. The molecule has 0 amide bonds. The summed E-state index contributed by atoms with van der Waals surface area (Å²) in [6.45, 7) is 12.1. The van der Waals surface area contributed by atoms with Crippen LogP contribution in [0.25, 0.3) is 0 Å². The second-order valence-electron chi connectivity index (χ2n) is 7.65. The van der Waals surface area contributed by atoms with Gasteiger partial charge in [-0.05, 0) is 59.3 Å². The highest BCUT2D eigenvalue weighted by Gasteiger charge is 2.52. The normalized spacial score (nSPS) is 41.8. The minimum Gasteiger partial charge on any atom is -0.0853 e. The molecule has 0 nitrogen and oxygen atoms in total. The van der Waals surface area contributed by atoms with E-state index in [-0.39, 0.29) is 0 Å². The van der Waals surface area contributed by atoms with E-state index in [1.165, 1.54) is 44.9 Å². The van der Waals surface area contributed by atoms with E-state index in [0.717, 1.165) is 11.8 Å². The first-order chi connectivity index (χ1) is 9.43. The van der Waals surface area contributed by atoms with Crippen molar-refractivity contribution >= 4 is 0 Å². The Morgan fingerprint density at radius 3 is 2.55 bits per heavy atom. The third-order valence-corrected chi connectivity index (χ3v) is 6.37. The Kier molecular flexibility index (Phi) is 5.04. The van der Waals surface area contributed by atoms with Gasteiger partial charge in [-0.1, -0.05) is 30.2 Å². The van der Waals surface area contributed by atoms with E-state index in [0.29, 0.717) is 5.41 Å². The number of fused-ring (bicyclic) bond motifs is 2. The van der Waals surface area contributed by atoms with Crippen molar-refractivity contribution in [1.29, 1.82) is 0 Å². The summed E-state index contributed by atoms with van der Waals surface area (Å²) in [4.78, 5) is 0. The summed E-state index contributed by atoms with van der Waals surface area (Å²) in [6.07, 6.45) is 14.2. The summed E-state index contributed by atoms with van der Waals surface area (Å²) in [6, 6.07) is 0. The molecule has 0 radical (unpaired) electrons. The molecule has 0 aromatic rings. The highest BCUT2D eigenvalue weighted by Crippen LogP contribution is 2.53. The summed E-state index contributed by atoms with van der Waals surface area (Å²) >= 11 is 0. The van der Waals surface area contributed by atoms with E-state index in [1.807, 2.05) is 0 Å². The fourth-order valence-electron chi connectivity index (χ4n) is 4.13. The minimum atomic E-state index is 0.457. The molecule has 1 unspecified atom stereocenters. The Morgan fingerprint density at radius 1 is 1.10 bits per heavy atom. The van der Waals surface area contributed by atoms with E-state index in [9.17, 15) is 0 Å². The predicted octanol–water partition coefficient (Wildman–Crippen LogP) is 6.49. The molecule has 3 atom stereocenters. The van der Waals surface area contributed by atoms with Crippen molar-refractivity contribution in [3.63, 3.8) is 0 Å². The molecule has 2 bridgehead atoms. The van der Waals surface area contributed by atoms with Crippen molar-refractivity contribution in [2.45, 2.75) is 79.6 Å². The monoisotopic (exact) mass is 273 g/mol. The van der Waals surface area contributed by atoms with Crippen LogP contribution in [0.2, 0.25) is 0 Å². The van der Waals surface area contributed by atoms with E-state index in [1.54, 1.807) is 17.1 Å². The number of hydrogen-bond acceptors (Lipinski definition) is 0. The standard InChI is InChI=1S/C20H33/c1-15-7-6-8-16(2)13-14-20(5)17(3)10-12-19(11-9-15)18(20)4/h8-9,17,19H,6-7,10-14H2,1-5H3/q+1/b15-9+,16-8+/t17-,19?,20+/m1/s1. The number of hydrogen-bond donors (Lipinski definition) is 0. The Bertz CT molecular complexity index is 387. The zero-order valence-corrected chi connectivity index (χ0v) is 14.3. The van der Waals surface area contributed by atoms with Crippen molar-refractivity contribution in [3.8, 4) is 0 Å². The van der Waals surface area contributed by atoms with Gasteiger partial charge in [-0.2, -0.15) is 0 Å². The zero-order valence-electron chi connectivity index (χ0n) is 14.3. The topological polar surface area (TPSA) is 0 Å². The average molecular weight is 273 g/mol. The van der Waals surface area contributed by atoms with Crippen LogP contribution >= 0.6 is 0 Å². The van der Waals surface area contributed by atoms with Crippen molar-refractivity contribution in [1.82, 2.24) is 0 Å². The molecular formula is C20H33+. The molecule has 20 heavy (non-hydrogen) atoms. The van der Waals surface area contributed by atoms with Crippen LogP contribution in [-0.4, -0.2) is 0 Å². The zero-order chi connectivity index (χ0) is 14.8. The molecule has 0 N–H and O–H groups in total. The van der Waals surface area contributed by atoms with Gasteiger partial charge in [-0.3, -0.25) is 0 Å². The summed E-state index contributed by atoms with van der Waals surface area (Å²) in [7, 11) is 0. The van der Waals surface area contributed by atoms with Crippen molar-refractivity contribution in [2.75, 3.05) is 0 Å². The van der Waals surface area contributed by atoms with Gasteiger partial charge in [0, 0.05) is 12.3 Å². The maximum Gasteiger partial charge on any atom is 0.110 e. The molecule has 1 saturated carbocycles. The fraction of sp³-hybridized carbons (Fsp3) is 0.750. The van der Waals surface area contributed by atoms with Crippen LogP contribution in [0.1, 0.15) is 79.6 Å². The maximum atomic E-state index is 2.54. The third kappa shape index (κ3) is 3.32. The summed E-state index contributed by atoms with van der Waals surface area (Å²) < 4.78 is 0. The Labute approximate surface area is 126 Å². The lowest BCUT2D eigenvalue weighted by molar-refractivity contribution is 0.114. The van der Waals surface area contributed by atoms with E-state index in [4.69, 9.17) is 0 Å². The average Bonchev–Trinajstić information content (AvgIpc) is 2.41. The summed E-state index contributed by atoms with van der Waals surface area (Å²) in [5.74, 6) is 3.46. The van der Waals surface area contributed by atoms with Gasteiger partial charge >= 0.3 is 0 Å². The SMILES string of the molecule is C/C1=C\CC2CC[C@@H](C)[C@](C)(CC/C(C)=C/CC1)[C+]2C. The van der Waals surface area contributed by atoms with Crippen molar-refractivity contribution in [2.24, 2.45) is 17.3 Å². The molecule has 0 saturated heterocycles. The van der Waals surface area contributed by atoms with Crippen LogP contribution in [-0.2, 0) is 0 Å². The first kappa shape index (κ1) is 15.7. The second-order valence-corrected chi connectivity index (χ2v) is 7.65. The van der Waals surface area contributed by atoms with Crippen LogP contribution in [0.15, 0.2) is 23.3 Å². The molecule has 112 valence electrons. The smallest absolute Gasteiger partial charge is 0.0853 e. The molecule has 0 aliphatic heterocycles. The first-order valence-electron chi connectivity index (χ1n) is 8.58. The molecule has 0 spiro atoms. The van der Waals surface area contributed by atoms with Gasteiger partial charge < -0.3 is 0 Å². The first-order valence-corrected chi connectivity index (χ1v) is 8.58. The molecule has 0 aromatic carbocycles. The number of rotatable bonds is 0. The molecule has 0 heteroatoms. The summed E-state index contributed by atoms with van der Waals surface area (Å²) in [5.41, 5.74) is 3.64. The van der Waals surface area contributed by atoms with Gasteiger partial charge in [0.05, 0.1) is 12.8 Å². The highest BCUT2D eigenvalue weighted by atomic mass is 14.5. The molecule has 0 heterocycles. The van der Waals surface area contributed by atoms with E-state index in [2.05, 4.69) is 46.8 Å². The second kappa shape index (κ2) is 6.41. The Hall–Kier alpha value is -0.650. The largest absolute Gasteiger partial charge is 0.110 e. The highest BCUT2D eigenvalue weighted by molar-refractivity contribution is 5.15. The predicted molar refractivity (Wildman–Crippen MR) is 89.5 cm³/mol. The van der Waals surface area contributed by atoms with Gasteiger partial charge in [0.15, 0.2) is 0 Å². The van der Waals surface area contributed by atoms with E-state index < -0.39 is 0 Å². The van der Waals surface area contributed by atoms with Crippen LogP contribution in [0, 0.1) is 23.2 Å². The molecular weight excluding hydrogens is 240 g/mol. The van der Waals surface area contributed by atoms with Gasteiger partial charge in [0.25, 0.3) is 0 Å². The van der Waals surface area contributed by atoms with Crippen molar-refractivity contribution in [3.05, 3.63) is 29.2 Å². The fourth-order valence-corrected chi connectivity index (χ4v) is 4.13. The van der Waals surface area contributed by atoms with Gasteiger partial charge in [0.2, 0.25) is 0 Å². The Morgan fingerprint density at radius 2 is 1.80 bits per heavy atom. The molecule has 2 aliphatic rings. The third-order valence-electron chi connectivity index (χ3n) is 6.37. The van der Waals surface area contributed by atoms with E-state index >= 15 is 0 Å². The lowest BCUT2D eigenvalue weighted by Gasteiger charge is -2.41. The van der Waals surface area contributed by atoms with Crippen LogP contribution in [0.4, 0.5) is 0 Å². The maximum absolute atomic E-state index is 2.54. The van der Waals surface area contributed by atoms with Gasteiger partial charge in [-0.25, -0.2) is 0 Å². The molecule has 2 rings (SSSR count). The minimum absolute atomic E-state index is 0.457. The van der Waals surface area contributed by atoms with Crippen molar-refractivity contribution < 1.29 is 0 Å². The lowest BCUT2D eigenvalue weighted by Crippen LogP contribution is -2.39. The lowest BCUT2D eigenvalue weighted by atomic mass is 9.56. The molecule has 2 aliphatic carbocycles. The van der Waals surface area contributed by atoms with Crippen LogP contribution in [0.5, 0.6) is 0 Å². The quantitative estimate of drug-likeness (QED) is 0.349. The van der Waals surface area contributed by atoms with Crippen LogP contribution in [0.3, 0.4) is 0 Å². The summed E-state index contributed by atoms with van der Waals surface area (Å²) in [5, 5.41) is 0. The van der Waals surface area contributed by atoms with Crippen LogP contribution < -0.4 is 0 Å². The molecule has 0 aromatic heterocycles. The van der Waals surface area contributed by atoms with Gasteiger partial charge in [0.1, 0.15) is 11.3 Å². The van der Waals surface area contributed by atoms with Gasteiger partial charge in [-0.15, -0.1) is 0 Å². The Balaban J connectivity index is 2.24.